The Labute approximate surface area is 216 Å². The number of benzene rings is 4. The minimum atomic E-state index is 0.104. The summed E-state index contributed by atoms with van der Waals surface area (Å²) in [6, 6.07) is 31.1. The van der Waals surface area contributed by atoms with Crippen molar-refractivity contribution in [3.05, 3.63) is 102 Å². The van der Waals surface area contributed by atoms with Crippen molar-refractivity contribution in [3.8, 4) is 28.7 Å². The van der Waals surface area contributed by atoms with E-state index in [-0.39, 0.29) is 5.41 Å². The van der Waals surface area contributed by atoms with E-state index in [0.29, 0.717) is 18.4 Å². The molecule has 5 heteroatoms. The molecule has 0 unspecified atom stereocenters. The second-order valence-corrected chi connectivity index (χ2v) is 10.5. The van der Waals surface area contributed by atoms with Crippen molar-refractivity contribution in [1.29, 1.82) is 0 Å². The Morgan fingerprint density at radius 1 is 0.730 bits per heavy atom. The van der Waals surface area contributed by atoms with E-state index < -0.39 is 0 Å². The average molecular weight is 488 g/mol. The van der Waals surface area contributed by atoms with Gasteiger partial charge in [-0.1, -0.05) is 63.2 Å². The van der Waals surface area contributed by atoms with Gasteiger partial charge in [-0.2, -0.15) is 0 Å². The number of nitrogens with zero attached hydrogens (tertiary/aromatic N) is 3. The predicted molar refractivity (Wildman–Crippen MR) is 149 cm³/mol. The van der Waals surface area contributed by atoms with Crippen LogP contribution in [0.2, 0.25) is 0 Å². The number of hydrogen-bond acceptors (Lipinski definition) is 4. The van der Waals surface area contributed by atoms with Crippen LogP contribution in [0.15, 0.2) is 95.4 Å². The minimum absolute atomic E-state index is 0.104. The average Bonchev–Trinajstić information content (AvgIpc) is 3.51. The molecule has 0 radical (unpaired) electrons. The van der Waals surface area contributed by atoms with Gasteiger partial charge in [-0.15, -0.1) is 10.2 Å². The monoisotopic (exact) mass is 487 g/mol. The Morgan fingerprint density at radius 3 is 2.03 bits per heavy atom. The molecule has 6 rings (SSSR count). The third kappa shape index (κ3) is 4.38. The number of aromatic nitrogens is 3. The largest absolute Gasteiger partial charge is 0.489 e. The number of fused-ring (bicyclic) bond motifs is 3. The van der Waals surface area contributed by atoms with Crippen molar-refractivity contribution in [2.24, 2.45) is 7.05 Å². The van der Waals surface area contributed by atoms with Crippen LogP contribution in [0, 0.1) is 0 Å². The Morgan fingerprint density at radius 2 is 1.35 bits per heavy atom. The summed E-state index contributed by atoms with van der Waals surface area (Å²) in [4.78, 5) is 0. The highest BCUT2D eigenvalue weighted by Gasteiger charge is 2.15. The first kappa shape index (κ1) is 23.0. The summed E-state index contributed by atoms with van der Waals surface area (Å²) >= 11 is 0. The van der Waals surface area contributed by atoms with Crippen LogP contribution in [0.1, 0.15) is 31.9 Å². The Balaban J connectivity index is 1.15. The fourth-order valence-corrected chi connectivity index (χ4v) is 4.71. The van der Waals surface area contributed by atoms with Crippen LogP contribution < -0.4 is 4.74 Å². The molecule has 2 heterocycles. The van der Waals surface area contributed by atoms with Gasteiger partial charge in [0.25, 0.3) is 0 Å². The normalized spacial score (nSPS) is 11.9. The van der Waals surface area contributed by atoms with Crippen molar-refractivity contribution >= 4 is 21.8 Å². The summed E-state index contributed by atoms with van der Waals surface area (Å²) in [6.45, 7) is 7.08. The second kappa shape index (κ2) is 8.93. The lowest BCUT2D eigenvalue weighted by Crippen LogP contribution is -2.10. The van der Waals surface area contributed by atoms with E-state index in [0.717, 1.165) is 28.0 Å². The van der Waals surface area contributed by atoms with E-state index in [1.807, 2.05) is 42.5 Å². The van der Waals surface area contributed by atoms with E-state index in [1.165, 1.54) is 21.9 Å². The summed E-state index contributed by atoms with van der Waals surface area (Å²) in [5.41, 5.74) is 6.62. The van der Waals surface area contributed by atoms with Gasteiger partial charge in [0.05, 0.1) is 5.52 Å². The van der Waals surface area contributed by atoms with Gasteiger partial charge in [-0.05, 0) is 59.0 Å². The highest BCUT2D eigenvalue weighted by Crippen LogP contribution is 2.31. The maximum atomic E-state index is 6.13. The summed E-state index contributed by atoms with van der Waals surface area (Å²) in [5, 5.41) is 11.0. The zero-order chi connectivity index (χ0) is 25.6. The third-order valence-electron chi connectivity index (χ3n) is 6.92. The summed E-state index contributed by atoms with van der Waals surface area (Å²) < 4.78 is 14.3. The zero-order valence-corrected chi connectivity index (χ0v) is 21.5. The zero-order valence-electron chi connectivity index (χ0n) is 21.5. The standard InChI is InChI=1S/C32H29N3O2/c1-32(2,3)24-15-13-23(14-16-24)31-34-33-30(37-31)22-11-9-21(10-12-22)20-36-25-17-18-27-26-7-5-6-8-28(26)35(4)29(27)19-25/h5-19H,20H2,1-4H3. The SMILES string of the molecule is Cn1c2ccccc2c2ccc(OCc3ccc(-c4nnc(-c5ccc(C(C)(C)C)cc5)o4)cc3)cc21. The maximum absolute atomic E-state index is 6.13. The highest BCUT2D eigenvalue weighted by molar-refractivity contribution is 6.08. The highest BCUT2D eigenvalue weighted by atomic mass is 16.5. The maximum Gasteiger partial charge on any atom is 0.248 e. The van der Waals surface area contributed by atoms with E-state index in [2.05, 4.69) is 91.1 Å². The number of aryl methyl sites for hydroxylation is 1. The molecule has 0 saturated carbocycles. The van der Waals surface area contributed by atoms with Crippen LogP contribution in [0.25, 0.3) is 44.7 Å². The third-order valence-corrected chi connectivity index (χ3v) is 6.92. The second-order valence-electron chi connectivity index (χ2n) is 10.5. The summed E-state index contributed by atoms with van der Waals surface area (Å²) in [5.74, 6) is 1.87. The van der Waals surface area contributed by atoms with Crippen LogP contribution >= 0.6 is 0 Å². The van der Waals surface area contributed by atoms with Gasteiger partial charge < -0.3 is 13.7 Å². The lowest BCUT2D eigenvalue weighted by atomic mass is 9.87. The number of ether oxygens (including phenoxy) is 1. The van der Waals surface area contributed by atoms with Gasteiger partial charge in [0.15, 0.2) is 0 Å². The Hall–Kier alpha value is -4.38. The first-order valence-corrected chi connectivity index (χ1v) is 12.5. The number of para-hydroxylation sites is 1. The lowest BCUT2D eigenvalue weighted by Gasteiger charge is -2.18. The van der Waals surface area contributed by atoms with Gasteiger partial charge in [0, 0.05) is 40.5 Å². The first-order valence-electron chi connectivity index (χ1n) is 12.5. The molecule has 6 aromatic rings. The molecule has 0 bridgehead atoms. The van der Waals surface area contributed by atoms with E-state index in [9.17, 15) is 0 Å². The molecular weight excluding hydrogens is 458 g/mol. The lowest BCUT2D eigenvalue weighted by molar-refractivity contribution is 0.306. The van der Waals surface area contributed by atoms with E-state index in [1.54, 1.807) is 0 Å². The predicted octanol–water partition coefficient (Wildman–Crippen LogP) is 7.93. The van der Waals surface area contributed by atoms with Gasteiger partial charge in [-0.25, -0.2) is 0 Å². The molecule has 2 aromatic heterocycles. The van der Waals surface area contributed by atoms with Crippen LogP contribution in [0.5, 0.6) is 5.75 Å². The number of hydrogen-bond donors (Lipinski definition) is 0. The molecule has 0 aliphatic carbocycles. The van der Waals surface area contributed by atoms with Crippen molar-refractivity contribution in [2.45, 2.75) is 32.8 Å². The molecule has 0 amide bonds. The number of rotatable bonds is 5. The quantitative estimate of drug-likeness (QED) is 0.248. The summed E-state index contributed by atoms with van der Waals surface area (Å²) in [7, 11) is 2.09. The van der Waals surface area contributed by atoms with Crippen LogP contribution in [-0.2, 0) is 19.1 Å². The molecule has 0 N–H and O–H groups in total. The van der Waals surface area contributed by atoms with Gasteiger partial charge in [0.2, 0.25) is 11.8 Å². The van der Waals surface area contributed by atoms with Gasteiger partial charge >= 0.3 is 0 Å². The van der Waals surface area contributed by atoms with Crippen LogP contribution in [-0.4, -0.2) is 14.8 Å². The van der Waals surface area contributed by atoms with Crippen molar-refractivity contribution < 1.29 is 9.15 Å². The van der Waals surface area contributed by atoms with Crippen molar-refractivity contribution in [3.63, 3.8) is 0 Å². The summed E-state index contributed by atoms with van der Waals surface area (Å²) in [6.07, 6.45) is 0. The molecule has 37 heavy (non-hydrogen) atoms. The molecule has 0 aliphatic heterocycles. The van der Waals surface area contributed by atoms with Crippen LogP contribution in [0.3, 0.4) is 0 Å². The van der Waals surface area contributed by atoms with Crippen LogP contribution in [0.4, 0.5) is 0 Å². The minimum Gasteiger partial charge on any atom is -0.489 e. The van der Waals surface area contributed by atoms with E-state index in [4.69, 9.17) is 9.15 Å². The van der Waals surface area contributed by atoms with Crippen molar-refractivity contribution in [1.82, 2.24) is 14.8 Å². The Bertz CT molecular complexity index is 1700. The molecule has 4 aromatic carbocycles. The molecule has 5 nitrogen and oxygen atoms in total. The molecule has 0 spiro atoms. The van der Waals surface area contributed by atoms with Gasteiger partial charge in [-0.3, -0.25) is 0 Å². The topological polar surface area (TPSA) is 53.1 Å². The molecule has 0 atom stereocenters. The molecular formula is C32H29N3O2. The fraction of sp³-hybridized carbons (Fsp3) is 0.188. The molecule has 0 saturated heterocycles. The van der Waals surface area contributed by atoms with Gasteiger partial charge in [0.1, 0.15) is 12.4 Å². The Kier molecular flexibility index (Phi) is 5.56. The molecule has 0 fully saturated rings. The van der Waals surface area contributed by atoms with E-state index >= 15 is 0 Å². The smallest absolute Gasteiger partial charge is 0.248 e. The molecule has 184 valence electrons. The fourth-order valence-electron chi connectivity index (χ4n) is 4.71. The van der Waals surface area contributed by atoms with Crippen molar-refractivity contribution in [2.75, 3.05) is 0 Å². The first-order chi connectivity index (χ1) is 17.9. The molecule has 0 aliphatic rings.